The molecule has 0 aromatic heterocycles. The average Bonchev–Trinajstić information content (AvgIpc) is 3.18. The normalized spacial score (nSPS) is 19.3. The highest BCUT2D eigenvalue weighted by Crippen LogP contribution is 2.53. The maximum absolute atomic E-state index is 13.8. The first-order chi connectivity index (χ1) is 14.1. The summed E-state index contributed by atoms with van der Waals surface area (Å²) in [5.74, 6) is 0.0578. The van der Waals surface area contributed by atoms with E-state index >= 15 is 0 Å². The van der Waals surface area contributed by atoms with Crippen molar-refractivity contribution in [2.45, 2.75) is 5.54 Å². The van der Waals surface area contributed by atoms with Crippen LogP contribution in [0.4, 0.5) is 5.69 Å². The first-order valence-corrected chi connectivity index (χ1v) is 10.1. The molecule has 5 rings (SSSR count). The van der Waals surface area contributed by atoms with Gasteiger partial charge in [-0.05, 0) is 64.7 Å². The molecule has 2 aliphatic rings. The zero-order valence-electron chi connectivity index (χ0n) is 15.5. The number of benzene rings is 3. The van der Waals surface area contributed by atoms with Crippen molar-refractivity contribution in [3.05, 3.63) is 118 Å². The molecule has 0 saturated heterocycles. The van der Waals surface area contributed by atoms with Crippen LogP contribution in [-0.2, 0) is 5.54 Å². The number of Topliss-reactive ketones (excluding diaryl/α,β-unsaturated/α-hetero) is 1. The summed E-state index contributed by atoms with van der Waals surface area (Å²) in [7, 11) is 0. The number of rotatable bonds is 3. The predicted octanol–water partition coefficient (Wildman–Crippen LogP) is 6.52. The number of hydrogen-bond acceptors (Lipinski definition) is 2. The van der Waals surface area contributed by atoms with E-state index in [1.165, 1.54) is 0 Å². The van der Waals surface area contributed by atoms with Gasteiger partial charge in [-0.1, -0.05) is 59.6 Å². The fourth-order valence-electron chi connectivity index (χ4n) is 4.50. The van der Waals surface area contributed by atoms with E-state index < -0.39 is 5.54 Å². The third-order valence-corrected chi connectivity index (χ3v) is 6.20. The lowest BCUT2D eigenvalue weighted by atomic mass is 9.86. The minimum Gasteiger partial charge on any atom is -0.347 e. The second-order valence-corrected chi connectivity index (χ2v) is 8.14. The molecule has 1 atom stereocenters. The summed E-state index contributed by atoms with van der Waals surface area (Å²) in [6.07, 6.45) is 3.90. The molecule has 142 valence electrons. The third-order valence-electron chi connectivity index (χ3n) is 5.71. The Kier molecular flexibility index (Phi) is 4.16. The fraction of sp³-hybridized carbons (Fsp3) is 0.0800. The number of para-hydroxylation sites is 1. The van der Waals surface area contributed by atoms with E-state index in [1.54, 1.807) is 0 Å². The maximum Gasteiger partial charge on any atom is 0.199 e. The monoisotopic (exact) mass is 417 g/mol. The first-order valence-electron chi connectivity index (χ1n) is 9.38. The number of hydrogen-bond donors (Lipinski definition) is 0. The maximum atomic E-state index is 13.8. The van der Waals surface area contributed by atoms with Gasteiger partial charge in [0, 0.05) is 27.8 Å². The molecule has 0 unspecified atom stereocenters. The molecular weight excluding hydrogens is 401 g/mol. The molecule has 0 radical (unpaired) electrons. The molecule has 0 N–H and O–H groups in total. The van der Waals surface area contributed by atoms with E-state index in [1.807, 2.05) is 72.8 Å². The van der Waals surface area contributed by atoms with Crippen LogP contribution in [0.25, 0.3) is 5.57 Å². The molecule has 1 aliphatic carbocycles. The van der Waals surface area contributed by atoms with Crippen LogP contribution >= 0.6 is 23.2 Å². The van der Waals surface area contributed by atoms with Gasteiger partial charge in [0.05, 0.1) is 0 Å². The lowest BCUT2D eigenvalue weighted by Crippen LogP contribution is -2.45. The minimum atomic E-state index is -0.937. The van der Waals surface area contributed by atoms with Gasteiger partial charge in [-0.25, -0.2) is 0 Å². The van der Waals surface area contributed by atoms with Gasteiger partial charge in [0.25, 0.3) is 0 Å². The van der Waals surface area contributed by atoms with E-state index in [9.17, 15) is 4.79 Å². The van der Waals surface area contributed by atoms with Crippen LogP contribution in [0.15, 0.2) is 85.5 Å². The van der Waals surface area contributed by atoms with Crippen LogP contribution in [0.2, 0.25) is 10.0 Å². The Bertz CT molecular complexity index is 1200. The van der Waals surface area contributed by atoms with Crippen molar-refractivity contribution in [2.24, 2.45) is 0 Å². The van der Waals surface area contributed by atoms with Crippen LogP contribution < -0.4 is 4.90 Å². The molecule has 0 fully saturated rings. The largest absolute Gasteiger partial charge is 0.347 e. The summed E-state index contributed by atoms with van der Waals surface area (Å²) in [6.45, 7) is 4.46. The average molecular weight is 418 g/mol. The molecule has 3 aromatic carbocycles. The van der Waals surface area contributed by atoms with Crippen molar-refractivity contribution < 1.29 is 4.79 Å². The van der Waals surface area contributed by atoms with Crippen LogP contribution in [-0.4, -0.2) is 12.3 Å². The van der Waals surface area contributed by atoms with Gasteiger partial charge in [0.2, 0.25) is 0 Å². The summed E-state index contributed by atoms with van der Waals surface area (Å²) in [5.41, 5.74) is 4.61. The fourth-order valence-corrected chi connectivity index (χ4v) is 4.80. The van der Waals surface area contributed by atoms with Crippen LogP contribution in [0, 0.1) is 0 Å². The van der Waals surface area contributed by atoms with Crippen molar-refractivity contribution in [1.29, 1.82) is 0 Å². The second kappa shape index (κ2) is 6.62. The van der Waals surface area contributed by atoms with E-state index in [4.69, 9.17) is 23.2 Å². The molecule has 29 heavy (non-hydrogen) atoms. The van der Waals surface area contributed by atoms with E-state index in [0.29, 0.717) is 22.2 Å². The SMILES string of the molecule is C=CCN1c2ccccc2C(=O)[C@]12C=C(c1ccc(Cl)cc1)c1ccc(Cl)cc12. The highest BCUT2D eigenvalue weighted by atomic mass is 35.5. The molecule has 0 amide bonds. The summed E-state index contributed by atoms with van der Waals surface area (Å²) >= 11 is 12.5. The van der Waals surface area contributed by atoms with E-state index in [-0.39, 0.29) is 5.78 Å². The van der Waals surface area contributed by atoms with E-state index in [0.717, 1.165) is 28.0 Å². The highest BCUT2D eigenvalue weighted by molar-refractivity contribution is 6.31. The van der Waals surface area contributed by atoms with Gasteiger partial charge in [-0.3, -0.25) is 4.79 Å². The van der Waals surface area contributed by atoms with E-state index in [2.05, 4.69) is 17.6 Å². The van der Waals surface area contributed by atoms with Gasteiger partial charge in [-0.15, -0.1) is 6.58 Å². The molecule has 2 nitrogen and oxygen atoms in total. The lowest BCUT2D eigenvalue weighted by Gasteiger charge is -2.34. The van der Waals surface area contributed by atoms with Gasteiger partial charge in [0.1, 0.15) is 5.54 Å². The number of carbonyl (C=O) groups is 1. The Morgan fingerprint density at radius 1 is 0.931 bits per heavy atom. The van der Waals surface area contributed by atoms with Crippen molar-refractivity contribution in [3.8, 4) is 0 Å². The lowest BCUT2D eigenvalue weighted by molar-refractivity contribution is 0.0933. The topological polar surface area (TPSA) is 20.3 Å². The molecule has 3 aromatic rings. The second-order valence-electron chi connectivity index (χ2n) is 7.27. The molecule has 0 saturated carbocycles. The summed E-state index contributed by atoms with van der Waals surface area (Å²) < 4.78 is 0. The van der Waals surface area contributed by atoms with Crippen molar-refractivity contribution in [1.82, 2.24) is 0 Å². The number of fused-ring (bicyclic) bond motifs is 3. The van der Waals surface area contributed by atoms with Gasteiger partial charge >= 0.3 is 0 Å². The van der Waals surface area contributed by atoms with Gasteiger partial charge in [0.15, 0.2) is 5.78 Å². The summed E-state index contributed by atoms with van der Waals surface area (Å²) in [5, 5.41) is 1.28. The number of nitrogens with zero attached hydrogens (tertiary/aromatic N) is 1. The van der Waals surface area contributed by atoms with Crippen molar-refractivity contribution in [3.63, 3.8) is 0 Å². The first kappa shape index (κ1) is 18.2. The quantitative estimate of drug-likeness (QED) is 0.451. The molecule has 1 spiro atoms. The number of ketones is 1. The molecular formula is C25H17Cl2NO. The standard InChI is InChI=1S/C25H17Cl2NO/c1-2-13-28-23-6-4-3-5-20(23)24(29)25(28)15-21(16-7-9-17(26)10-8-16)19-12-11-18(27)14-22(19)25/h2-12,14-15H,1,13H2/t25-/m1/s1. The Balaban J connectivity index is 1.82. The Morgan fingerprint density at radius 3 is 2.41 bits per heavy atom. The van der Waals surface area contributed by atoms with Crippen LogP contribution in [0.1, 0.15) is 27.0 Å². The Labute approximate surface area is 179 Å². The van der Waals surface area contributed by atoms with Gasteiger partial charge in [-0.2, -0.15) is 0 Å². The molecule has 0 bridgehead atoms. The van der Waals surface area contributed by atoms with Crippen molar-refractivity contribution in [2.75, 3.05) is 11.4 Å². The van der Waals surface area contributed by atoms with Crippen LogP contribution in [0.3, 0.4) is 0 Å². The summed E-state index contributed by atoms with van der Waals surface area (Å²) in [6, 6.07) is 21.2. The number of carbonyl (C=O) groups excluding carboxylic acids is 1. The molecule has 1 heterocycles. The van der Waals surface area contributed by atoms with Crippen LogP contribution in [0.5, 0.6) is 0 Å². The predicted molar refractivity (Wildman–Crippen MR) is 120 cm³/mol. The zero-order chi connectivity index (χ0) is 20.2. The highest BCUT2D eigenvalue weighted by Gasteiger charge is 2.54. The smallest absolute Gasteiger partial charge is 0.199 e. The molecule has 4 heteroatoms. The Hall–Kier alpha value is -2.81. The number of anilines is 1. The zero-order valence-corrected chi connectivity index (χ0v) is 17.0. The van der Waals surface area contributed by atoms with Crippen molar-refractivity contribution >= 4 is 40.2 Å². The molecule has 1 aliphatic heterocycles. The number of halogens is 2. The third kappa shape index (κ3) is 2.53. The minimum absolute atomic E-state index is 0.0578. The van der Waals surface area contributed by atoms with Gasteiger partial charge < -0.3 is 4.90 Å². The Morgan fingerprint density at radius 2 is 1.66 bits per heavy atom. The summed E-state index contributed by atoms with van der Waals surface area (Å²) in [4.78, 5) is 15.9.